The van der Waals surface area contributed by atoms with Crippen molar-refractivity contribution in [3.05, 3.63) is 40.3 Å². The minimum Gasteiger partial charge on any atom is -0.332 e. The molecule has 22 heavy (non-hydrogen) atoms. The second-order valence-electron chi connectivity index (χ2n) is 5.74. The van der Waals surface area contributed by atoms with E-state index in [0.717, 1.165) is 39.1 Å². The van der Waals surface area contributed by atoms with Crippen LogP contribution in [0.2, 0.25) is 0 Å². The lowest BCUT2D eigenvalue weighted by atomic mass is 10.1. The molecule has 0 unspecified atom stereocenters. The smallest absolute Gasteiger partial charge is 0.275 e. The Morgan fingerprint density at radius 3 is 2.64 bits per heavy atom. The van der Waals surface area contributed by atoms with Crippen molar-refractivity contribution in [2.45, 2.75) is 13.3 Å². The van der Waals surface area contributed by atoms with E-state index in [0.29, 0.717) is 16.5 Å². The van der Waals surface area contributed by atoms with E-state index in [9.17, 15) is 9.59 Å². The Bertz CT molecular complexity index is 732. The van der Waals surface area contributed by atoms with Gasteiger partial charge in [-0.05, 0) is 12.5 Å². The first-order valence-electron chi connectivity index (χ1n) is 7.81. The van der Waals surface area contributed by atoms with Crippen LogP contribution >= 0.6 is 0 Å². The molecular formula is C16H21N4O2+. The molecule has 6 heteroatoms. The van der Waals surface area contributed by atoms with Crippen molar-refractivity contribution < 1.29 is 9.69 Å². The van der Waals surface area contributed by atoms with Crippen LogP contribution in [0.15, 0.2) is 29.1 Å². The van der Waals surface area contributed by atoms with Crippen LogP contribution < -0.4 is 10.5 Å². The number of piperazine rings is 1. The molecule has 6 nitrogen and oxygen atoms in total. The van der Waals surface area contributed by atoms with Crippen molar-refractivity contribution in [3.8, 4) is 0 Å². The first kappa shape index (κ1) is 14.7. The van der Waals surface area contributed by atoms with Crippen molar-refractivity contribution in [2.24, 2.45) is 0 Å². The highest BCUT2D eigenvalue weighted by atomic mass is 16.2. The molecule has 1 aliphatic heterocycles. The number of nitrogens with one attached hydrogen (secondary N) is 2. The predicted molar refractivity (Wildman–Crippen MR) is 84.1 cm³/mol. The zero-order valence-corrected chi connectivity index (χ0v) is 12.8. The van der Waals surface area contributed by atoms with E-state index in [-0.39, 0.29) is 11.5 Å². The molecular weight excluding hydrogens is 280 g/mol. The molecule has 116 valence electrons. The number of aromatic nitrogens is 2. The zero-order valence-electron chi connectivity index (χ0n) is 12.8. The fraction of sp³-hybridized carbons (Fsp3) is 0.438. The minimum atomic E-state index is -0.260. The van der Waals surface area contributed by atoms with Gasteiger partial charge in [0.05, 0.1) is 38.1 Å². The van der Waals surface area contributed by atoms with Crippen LogP contribution in [0.3, 0.4) is 0 Å². The van der Waals surface area contributed by atoms with Gasteiger partial charge in [-0.25, -0.2) is 5.10 Å². The maximum absolute atomic E-state index is 12.7. The molecule has 0 radical (unpaired) electrons. The van der Waals surface area contributed by atoms with Crippen LogP contribution in [0.25, 0.3) is 10.8 Å². The summed E-state index contributed by atoms with van der Waals surface area (Å²) < 4.78 is 0. The van der Waals surface area contributed by atoms with E-state index >= 15 is 0 Å². The standard InChI is InChI=1S/C16H20N4O2/c1-2-7-19-8-10-20(11-9-19)16(22)14-12-5-3-4-6-13(12)15(21)18-17-14/h3-6H,2,7-11H2,1H3,(H,18,21)/p+1. The SMILES string of the molecule is CCC[NH+]1CCN(C(=O)c2n[nH]c(=O)c3ccccc23)CC1. The molecule has 1 aliphatic rings. The molecule has 1 aromatic heterocycles. The predicted octanol–water partition coefficient (Wildman–Crippen LogP) is -0.326. The third-order valence-electron chi connectivity index (χ3n) is 4.26. The molecule has 0 atom stereocenters. The second kappa shape index (κ2) is 6.27. The molecule has 2 aromatic rings. The Kier molecular flexibility index (Phi) is 4.20. The largest absolute Gasteiger partial charge is 0.332 e. The summed E-state index contributed by atoms with van der Waals surface area (Å²) in [5.41, 5.74) is 0.0819. The van der Waals surface area contributed by atoms with Gasteiger partial charge < -0.3 is 9.80 Å². The molecule has 1 saturated heterocycles. The number of nitrogens with zero attached hydrogens (tertiary/aromatic N) is 2. The van der Waals surface area contributed by atoms with Crippen molar-refractivity contribution >= 4 is 16.7 Å². The summed E-state index contributed by atoms with van der Waals surface area (Å²) in [6, 6.07) is 7.11. The molecule has 1 fully saturated rings. The number of hydrogen-bond acceptors (Lipinski definition) is 3. The van der Waals surface area contributed by atoms with Gasteiger partial charge in [-0.15, -0.1) is 0 Å². The van der Waals surface area contributed by atoms with E-state index in [1.54, 1.807) is 23.1 Å². The van der Waals surface area contributed by atoms with Gasteiger partial charge >= 0.3 is 0 Å². The highest BCUT2D eigenvalue weighted by Crippen LogP contribution is 2.14. The number of fused-ring (bicyclic) bond motifs is 1. The highest BCUT2D eigenvalue weighted by molar-refractivity contribution is 6.04. The van der Waals surface area contributed by atoms with E-state index in [4.69, 9.17) is 0 Å². The monoisotopic (exact) mass is 301 g/mol. The van der Waals surface area contributed by atoms with Crippen molar-refractivity contribution in [1.29, 1.82) is 0 Å². The zero-order chi connectivity index (χ0) is 15.5. The Balaban J connectivity index is 1.85. The van der Waals surface area contributed by atoms with Gasteiger partial charge in [0, 0.05) is 5.39 Å². The first-order chi connectivity index (χ1) is 10.7. The topological polar surface area (TPSA) is 70.5 Å². The normalized spacial score (nSPS) is 16.1. The third-order valence-corrected chi connectivity index (χ3v) is 4.26. The number of carbonyl (C=O) groups excluding carboxylic acids is 1. The van der Waals surface area contributed by atoms with Crippen LogP contribution in [-0.4, -0.2) is 53.7 Å². The van der Waals surface area contributed by atoms with Gasteiger partial charge in [0.15, 0.2) is 5.69 Å². The van der Waals surface area contributed by atoms with E-state index in [1.165, 1.54) is 0 Å². The van der Waals surface area contributed by atoms with Crippen molar-refractivity contribution in [3.63, 3.8) is 0 Å². The number of rotatable bonds is 3. The Morgan fingerprint density at radius 2 is 1.95 bits per heavy atom. The summed E-state index contributed by atoms with van der Waals surface area (Å²) >= 11 is 0. The van der Waals surface area contributed by atoms with Crippen molar-refractivity contribution in [2.75, 3.05) is 32.7 Å². The summed E-state index contributed by atoms with van der Waals surface area (Å²) in [5, 5.41) is 7.57. The summed E-state index contributed by atoms with van der Waals surface area (Å²) in [6.07, 6.45) is 1.16. The van der Waals surface area contributed by atoms with Crippen LogP contribution in [0.5, 0.6) is 0 Å². The fourth-order valence-corrected chi connectivity index (χ4v) is 3.06. The lowest BCUT2D eigenvalue weighted by molar-refractivity contribution is -0.904. The maximum atomic E-state index is 12.7. The number of amides is 1. The quantitative estimate of drug-likeness (QED) is 0.816. The molecule has 0 spiro atoms. The van der Waals surface area contributed by atoms with E-state index < -0.39 is 0 Å². The molecule has 2 N–H and O–H groups in total. The maximum Gasteiger partial charge on any atom is 0.275 e. The summed E-state index contributed by atoms with van der Waals surface area (Å²) in [4.78, 5) is 27.9. The summed E-state index contributed by atoms with van der Waals surface area (Å²) in [7, 11) is 0. The lowest BCUT2D eigenvalue weighted by Gasteiger charge is -2.31. The number of H-pyrrole nitrogens is 1. The Labute approximate surface area is 128 Å². The molecule has 2 heterocycles. The molecule has 1 amide bonds. The second-order valence-corrected chi connectivity index (χ2v) is 5.74. The minimum absolute atomic E-state index is 0.0944. The van der Waals surface area contributed by atoms with Gasteiger partial charge in [0.2, 0.25) is 0 Å². The van der Waals surface area contributed by atoms with Crippen LogP contribution in [0, 0.1) is 0 Å². The van der Waals surface area contributed by atoms with Crippen LogP contribution in [-0.2, 0) is 0 Å². The molecule has 0 aliphatic carbocycles. The van der Waals surface area contributed by atoms with E-state index in [2.05, 4.69) is 17.1 Å². The number of carbonyl (C=O) groups is 1. The van der Waals surface area contributed by atoms with Gasteiger partial charge in [0.1, 0.15) is 0 Å². The lowest BCUT2D eigenvalue weighted by Crippen LogP contribution is -3.14. The number of benzene rings is 1. The van der Waals surface area contributed by atoms with Crippen molar-refractivity contribution in [1.82, 2.24) is 15.1 Å². The Hall–Kier alpha value is -2.21. The summed E-state index contributed by atoms with van der Waals surface area (Å²) in [6.45, 7) is 6.76. The fourth-order valence-electron chi connectivity index (χ4n) is 3.06. The van der Waals surface area contributed by atoms with Gasteiger partial charge in [0.25, 0.3) is 11.5 Å². The average molecular weight is 301 g/mol. The molecule has 3 rings (SSSR count). The number of hydrogen-bond donors (Lipinski definition) is 2. The van der Waals surface area contributed by atoms with Gasteiger partial charge in [-0.2, -0.15) is 5.10 Å². The number of quaternary nitrogens is 1. The number of aromatic amines is 1. The van der Waals surface area contributed by atoms with Gasteiger partial charge in [-0.1, -0.05) is 25.1 Å². The van der Waals surface area contributed by atoms with E-state index in [1.807, 2.05) is 11.0 Å². The first-order valence-corrected chi connectivity index (χ1v) is 7.81. The molecule has 0 bridgehead atoms. The van der Waals surface area contributed by atoms with Crippen LogP contribution in [0.4, 0.5) is 0 Å². The van der Waals surface area contributed by atoms with Crippen LogP contribution in [0.1, 0.15) is 23.8 Å². The van der Waals surface area contributed by atoms with Gasteiger partial charge in [-0.3, -0.25) is 9.59 Å². The third kappa shape index (κ3) is 2.74. The summed E-state index contributed by atoms with van der Waals surface area (Å²) in [5.74, 6) is -0.0944. The molecule has 1 aromatic carbocycles. The highest BCUT2D eigenvalue weighted by Gasteiger charge is 2.26. The average Bonchev–Trinajstić information content (AvgIpc) is 2.56. The Morgan fingerprint density at radius 1 is 1.27 bits per heavy atom. The molecule has 0 saturated carbocycles.